The number of morpholine rings is 1. The fourth-order valence-electron chi connectivity index (χ4n) is 2.57. The number of pyridine rings is 1. The van der Waals surface area contributed by atoms with E-state index >= 15 is 0 Å². The Balaban J connectivity index is 0.00000110. The van der Waals surface area contributed by atoms with Gasteiger partial charge in [0, 0.05) is 11.6 Å². The van der Waals surface area contributed by atoms with Crippen LogP contribution in [0.25, 0.3) is 10.9 Å². The third-order valence-corrected chi connectivity index (χ3v) is 4.21. The van der Waals surface area contributed by atoms with E-state index in [1.54, 1.807) is 0 Å². The number of ether oxygens (including phenoxy) is 1. The van der Waals surface area contributed by atoms with Gasteiger partial charge in [0.1, 0.15) is 19.6 Å². The SMILES string of the molecule is Oc1c(Br)cc(C[NH+]2CCOCC2)c2ccc[nH+]c12.[Cl-].[Cl-]. The van der Waals surface area contributed by atoms with E-state index in [1.807, 2.05) is 24.4 Å². The summed E-state index contributed by atoms with van der Waals surface area (Å²) in [7, 11) is 0. The normalized spacial score (nSPS) is 15.3. The number of aromatic hydroxyl groups is 1. The van der Waals surface area contributed by atoms with Crippen LogP contribution in [0.2, 0.25) is 0 Å². The molecule has 21 heavy (non-hydrogen) atoms. The minimum atomic E-state index is 0. The van der Waals surface area contributed by atoms with Gasteiger partial charge in [-0.3, -0.25) is 0 Å². The molecule has 0 bridgehead atoms. The first kappa shape index (κ1) is 18.5. The maximum atomic E-state index is 10.1. The van der Waals surface area contributed by atoms with Crippen molar-refractivity contribution in [3.8, 4) is 5.75 Å². The second-order valence-corrected chi connectivity index (χ2v) is 5.72. The number of nitrogens with one attached hydrogen (secondary N) is 2. The molecule has 2 aromatic rings. The van der Waals surface area contributed by atoms with Crippen LogP contribution < -0.4 is 34.7 Å². The molecule has 3 rings (SSSR count). The average molecular weight is 396 g/mol. The highest BCUT2D eigenvalue weighted by Gasteiger charge is 2.20. The van der Waals surface area contributed by atoms with Gasteiger partial charge < -0.3 is 39.6 Å². The largest absolute Gasteiger partial charge is 1.00 e. The lowest BCUT2D eigenvalue weighted by atomic mass is 10.1. The highest BCUT2D eigenvalue weighted by molar-refractivity contribution is 9.10. The summed E-state index contributed by atoms with van der Waals surface area (Å²) in [6.07, 6.45) is 1.83. The first-order chi connectivity index (χ1) is 9.25. The van der Waals surface area contributed by atoms with Crippen LogP contribution in [0, 0.1) is 0 Å². The number of halogens is 3. The summed E-state index contributed by atoms with van der Waals surface area (Å²) in [5.41, 5.74) is 2.04. The van der Waals surface area contributed by atoms with Gasteiger partial charge >= 0.3 is 0 Å². The lowest BCUT2D eigenvalue weighted by molar-refractivity contribution is -0.921. The fourth-order valence-corrected chi connectivity index (χ4v) is 3.05. The van der Waals surface area contributed by atoms with Gasteiger partial charge in [0.15, 0.2) is 6.20 Å². The van der Waals surface area contributed by atoms with Crippen molar-refractivity contribution >= 4 is 26.8 Å². The summed E-state index contributed by atoms with van der Waals surface area (Å²) in [4.78, 5) is 4.65. The lowest BCUT2D eigenvalue weighted by Crippen LogP contribution is -3.12. The van der Waals surface area contributed by atoms with Crippen LogP contribution in [0.5, 0.6) is 5.75 Å². The van der Waals surface area contributed by atoms with Crippen molar-refractivity contribution in [2.45, 2.75) is 6.54 Å². The number of aromatic nitrogens is 1. The molecule has 1 aliphatic rings. The number of phenols is 1. The van der Waals surface area contributed by atoms with Crippen LogP contribution in [0.15, 0.2) is 28.9 Å². The third-order valence-electron chi connectivity index (χ3n) is 3.61. The Morgan fingerprint density at radius 2 is 2.00 bits per heavy atom. The van der Waals surface area contributed by atoms with Gasteiger partial charge in [0.05, 0.1) is 23.1 Å². The lowest BCUT2D eigenvalue weighted by Gasteiger charge is -2.24. The molecule has 0 spiro atoms. The van der Waals surface area contributed by atoms with E-state index in [0.29, 0.717) is 0 Å². The van der Waals surface area contributed by atoms with Crippen LogP contribution >= 0.6 is 15.9 Å². The van der Waals surface area contributed by atoms with Crippen LogP contribution in [0.3, 0.4) is 0 Å². The van der Waals surface area contributed by atoms with Crippen molar-refractivity contribution in [1.29, 1.82) is 0 Å². The zero-order valence-corrected chi connectivity index (χ0v) is 14.4. The number of aromatic amines is 1. The van der Waals surface area contributed by atoms with Crippen molar-refractivity contribution in [2.75, 3.05) is 26.3 Å². The van der Waals surface area contributed by atoms with E-state index in [0.717, 1.165) is 48.2 Å². The van der Waals surface area contributed by atoms with Crippen molar-refractivity contribution in [3.05, 3.63) is 34.4 Å². The Kier molecular flexibility index (Phi) is 7.16. The molecular weight excluding hydrogens is 379 g/mol. The van der Waals surface area contributed by atoms with Crippen LogP contribution in [0.1, 0.15) is 5.56 Å². The molecule has 0 aliphatic carbocycles. The number of hydrogen-bond donors (Lipinski definition) is 2. The van der Waals surface area contributed by atoms with Crippen molar-refractivity contribution in [3.63, 3.8) is 0 Å². The van der Waals surface area contributed by atoms with Crippen LogP contribution in [-0.4, -0.2) is 31.4 Å². The molecule has 2 heterocycles. The first-order valence-electron chi connectivity index (χ1n) is 6.48. The van der Waals surface area contributed by atoms with E-state index < -0.39 is 0 Å². The van der Waals surface area contributed by atoms with Crippen molar-refractivity contribution < 1.29 is 44.5 Å². The summed E-state index contributed by atoms with van der Waals surface area (Å²) < 4.78 is 6.13. The van der Waals surface area contributed by atoms with Gasteiger partial charge in [-0.25, -0.2) is 4.98 Å². The van der Waals surface area contributed by atoms with E-state index in [1.165, 1.54) is 10.5 Å². The first-order valence-corrected chi connectivity index (χ1v) is 7.27. The molecule has 0 unspecified atom stereocenters. The molecule has 3 N–H and O–H groups in total. The quantitative estimate of drug-likeness (QED) is 0.533. The third kappa shape index (κ3) is 3.99. The van der Waals surface area contributed by atoms with Crippen LogP contribution in [0.4, 0.5) is 0 Å². The molecule has 116 valence electrons. The number of phenolic OH excluding ortho intramolecular Hbond substituents is 1. The minimum absolute atomic E-state index is 0. The maximum absolute atomic E-state index is 10.1. The summed E-state index contributed by atoms with van der Waals surface area (Å²) in [5, 5.41) is 11.2. The Bertz CT molecular complexity index is 607. The Morgan fingerprint density at radius 1 is 1.29 bits per heavy atom. The molecule has 0 atom stereocenters. The summed E-state index contributed by atoms with van der Waals surface area (Å²) in [6, 6.07) is 6.04. The molecular formula is C14H17BrCl2N2O2. The summed E-state index contributed by atoms with van der Waals surface area (Å²) >= 11 is 3.43. The van der Waals surface area contributed by atoms with Gasteiger partial charge in [-0.15, -0.1) is 0 Å². The molecule has 1 fully saturated rings. The second kappa shape index (κ2) is 8.15. The second-order valence-electron chi connectivity index (χ2n) is 4.86. The highest BCUT2D eigenvalue weighted by Crippen LogP contribution is 2.32. The molecule has 0 amide bonds. The topological polar surface area (TPSA) is 48.0 Å². The van der Waals surface area contributed by atoms with Gasteiger partial charge in [-0.05, 0) is 28.1 Å². The maximum Gasteiger partial charge on any atom is 0.254 e. The molecule has 1 aromatic heterocycles. The van der Waals surface area contributed by atoms with Gasteiger partial charge in [-0.2, -0.15) is 0 Å². The number of hydrogen-bond acceptors (Lipinski definition) is 2. The number of fused-ring (bicyclic) bond motifs is 1. The average Bonchev–Trinajstić information content (AvgIpc) is 2.46. The molecule has 1 aliphatic heterocycles. The van der Waals surface area contributed by atoms with E-state index in [2.05, 4.69) is 20.9 Å². The number of quaternary nitrogens is 1. The minimum Gasteiger partial charge on any atom is -1.00 e. The Labute approximate surface area is 144 Å². The Morgan fingerprint density at radius 3 is 2.71 bits per heavy atom. The van der Waals surface area contributed by atoms with Crippen molar-refractivity contribution in [1.82, 2.24) is 0 Å². The van der Waals surface area contributed by atoms with Gasteiger partial charge in [0.2, 0.25) is 5.75 Å². The van der Waals surface area contributed by atoms with Gasteiger partial charge in [-0.1, -0.05) is 0 Å². The van der Waals surface area contributed by atoms with Crippen LogP contribution in [-0.2, 0) is 11.3 Å². The van der Waals surface area contributed by atoms with Crippen molar-refractivity contribution in [2.24, 2.45) is 0 Å². The van der Waals surface area contributed by atoms with E-state index in [9.17, 15) is 5.11 Å². The molecule has 1 saturated heterocycles. The van der Waals surface area contributed by atoms with Gasteiger partial charge in [0.25, 0.3) is 5.52 Å². The predicted octanol–water partition coefficient (Wildman–Crippen LogP) is -5.45. The molecule has 0 radical (unpaired) electrons. The zero-order valence-electron chi connectivity index (χ0n) is 11.3. The Hall–Kier alpha value is -0.590. The predicted molar refractivity (Wildman–Crippen MR) is 75.1 cm³/mol. The standard InChI is InChI=1S/C14H15BrN2O2.2ClH/c15-12-8-10(9-17-4-6-19-7-5-17)11-2-1-3-16-13(11)14(12)18;;/h1-3,8,18H,4-7,9H2;2*1H. The number of rotatable bonds is 2. The van der Waals surface area contributed by atoms with E-state index in [4.69, 9.17) is 4.74 Å². The number of benzene rings is 1. The summed E-state index contributed by atoms with van der Waals surface area (Å²) in [6.45, 7) is 4.70. The summed E-state index contributed by atoms with van der Waals surface area (Å²) in [5.74, 6) is 0.274. The zero-order chi connectivity index (χ0) is 13.2. The molecule has 7 heteroatoms. The molecule has 1 aromatic carbocycles. The fraction of sp³-hybridized carbons (Fsp3) is 0.357. The smallest absolute Gasteiger partial charge is 0.254 e. The monoisotopic (exact) mass is 394 g/mol. The molecule has 4 nitrogen and oxygen atoms in total. The van der Waals surface area contributed by atoms with E-state index in [-0.39, 0.29) is 30.6 Å². The highest BCUT2D eigenvalue weighted by atomic mass is 79.9. The number of H-pyrrole nitrogens is 1. The molecule has 0 saturated carbocycles.